The van der Waals surface area contributed by atoms with Crippen molar-refractivity contribution in [2.45, 2.75) is 38.8 Å². The molecule has 2 rings (SSSR count). The van der Waals surface area contributed by atoms with Crippen LogP contribution < -0.4 is 5.69 Å². The second-order valence-electron chi connectivity index (χ2n) is 5.94. The summed E-state index contributed by atoms with van der Waals surface area (Å²) in [6, 6.07) is 9.53. The van der Waals surface area contributed by atoms with E-state index in [0.29, 0.717) is 0 Å². The van der Waals surface area contributed by atoms with Crippen LogP contribution in [0.15, 0.2) is 47.5 Å². The van der Waals surface area contributed by atoms with Gasteiger partial charge in [0.1, 0.15) is 0 Å². The van der Waals surface area contributed by atoms with E-state index >= 15 is 0 Å². The highest BCUT2D eigenvalue weighted by atomic mass is 16.3. The van der Waals surface area contributed by atoms with Crippen molar-refractivity contribution in [2.24, 2.45) is 0 Å². The predicted octanol–water partition coefficient (Wildman–Crippen LogP) is 2.27. The minimum Gasteiger partial charge on any atom is -0.387 e. The molecule has 0 aliphatic rings. The third-order valence-electron chi connectivity index (χ3n) is 3.31. The second kappa shape index (κ2) is 5.59. The highest BCUT2D eigenvalue weighted by Crippen LogP contribution is 2.24. The molecule has 0 radical (unpaired) electrons. The predicted molar refractivity (Wildman–Crippen MR) is 78.6 cm³/mol. The Hall–Kier alpha value is -1.94. The van der Waals surface area contributed by atoms with E-state index < -0.39 is 6.10 Å². The van der Waals surface area contributed by atoms with Gasteiger partial charge < -0.3 is 5.11 Å². The van der Waals surface area contributed by atoms with Gasteiger partial charge in [0, 0.05) is 12.4 Å². The SMILES string of the molecule is CC(C)(C)c1ccc(C(O)Cn2cccnc2=O)cc1. The lowest BCUT2D eigenvalue weighted by molar-refractivity contribution is 0.154. The second-order valence-corrected chi connectivity index (χ2v) is 5.94. The van der Waals surface area contributed by atoms with Gasteiger partial charge in [-0.3, -0.25) is 4.57 Å². The standard InChI is InChI=1S/C16H20N2O2/c1-16(2,3)13-7-5-12(6-8-13)14(19)11-18-10-4-9-17-15(18)20/h4-10,14,19H,11H2,1-3H3. The average Bonchev–Trinajstić information content (AvgIpc) is 2.40. The maximum Gasteiger partial charge on any atom is 0.347 e. The smallest absolute Gasteiger partial charge is 0.347 e. The molecule has 0 aliphatic heterocycles. The zero-order valence-electron chi connectivity index (χ0n) is 12.1. The Morgan fingerprint density at radius 1 is 1.25 bits per heavy atom. The first-order valence-electron chi connectivity index (χ1n) is 6.68. The zero-order chi connectivity index (χ0) is 14.8. The molecule has 0 saturated heterocycles. The Morgan fingerprint density at radius 2 is 1.90 bits per heavy atom. The summed E-state index contributed by atoms with van der Waals surface area (Å²) < 4.78 is 1.41. The van der Waals surface area contributed by atoms with Crippen molar-refractivity contribution >= 4 is 0 Å². The molecule has 0 fully saturated rings. The third kappa shape index (κ3) is 3.33. The zero-order valence-corrected chi connectivity index (χ0v) is 12.1. The van der Waals surface area contributed by atoms with Crippen LogP contribution in [0.3, 0.4) is 0 Å². The first-order chi connectivity index (χ1) is 9.38. The summed E-state index contributed by atoms with van der Waals surface area (Å²) in [4.78, 5) is 15.2. The van der Waals surface area contributed by atoms with Crippen molar-refractivity contribution in [3.05, 3.63) is 64.3 Å². The summed E-state index contributed by atoms with van der Waals surface area (Å²) in [6.07, 6.45) is 2.36. The van der Waals surface area contributed by atoms with Crippen LogP contribution in [0, 0.1) is 0 Å². The quantitative estimate of drug-likeness (QED) is 0.932. The molecular formula is C16H20N2O2. The Morgan fingerprint density at radius 3 is 2.45 bits per heavy atom. The number of nitrogens with zero attached hydrogens (tertiary/aromatic N) is 2. The van der Waals surface area contributed by atoms with E-state index in [2.05, 4.69) is 25.8 Å². The van der Waals surface area contributed by atoms with Gasteiger partial charge in [-0.05, 0) is 22.6 Å². The summed E-state index contributed by atoms with van der Waals surface area (Å²) in [5.74, 6) is 0. The maximum absolute atomic E-state index is 11.5. The van der Waals surface area contributed by atoms with Crippen molar-refractivity contribution < 1.29 is 5.11 Å². The fourth-order valence-corrected chi connectivity index (χ4v) is 2.02. The lowest BCUT2D eigenvalue weighted by Gasteiger charge is -2.20. The van der Waals surface area contributed by atoms with E-state index in [-0.39, 0.29) is 17.6 Å². The van der Waals surface area contributed by atoms with Crippen LogP contribution in [0.5, 0.6) is 0 Å². The van der Waals surface area contributed by atoms with Crippen LogP contribution in [0.25, 0.3) is 0 Å². The van der Waals surface area contributed by atoms with E-state index in [9.17, 15) is 9.90 Å². The number of rotatable bonds is 3. The van der Waals surface area contributed by atoms with Crippen LogP contribution in [0.1, 0.15) is 38.0 Å². The molecule has 20 heavy (non-hydrogen) atoms. The van der Waals surface area contributed by atoms with Crippen molar-refractivity contribution in [3.63, 3.8) is 0 Å². The first-order valence-corrected chi connectivity index (χ1v) is 6.68. The molecule has 1 N–H and O–H groups in total. The van der Waals surface area contributed by atoms with Crippen LogP contribution in [-0.2, 0) is 12.0 Å². The fraction of sp³-hybridized carbons (Fsp3) is 0.375. The van der Waals surface area contributed by atoms with E-state index in [1.165, 1.54) is 16.3 Å². The lowest BCUT2D eigenvalue weighted by atomic mass is 9.86. The molecule has 1 aromatic heterocycles. The number of hydrogen-bond acceptors (Lipinski definition) is 3. The number of aliphatic hydroxyl groups is 1. The number of aliphatic hydroxyl groups excluding tert-OH is 1. The molecule has 1 heterocycles. The van der Waals surface area contributed by atoms with Crippen LogP contribution >= 0.6 is 0 Å². The molecule has 0 aliphatic carbocycles. The van der Waals surface area contributed by atoms with Crippen LogP contribution in [0.4, 0.5) is 0 Å². The largest absolute Gasteiger partial charge is 0.387 e. The van der Waals surface area contributed by atoms with E-state index in [1.54, 1.807) is 12.3 Å². The molecule has 2 aromatic rings. The Kier molecular flexibility index (Phi) is 4.04. The molecule has 0 amide bonds. The van der Waals surface area contributed by atoms with Gasteiger partial charge in [-0.2, -0.15) is 0 Å². The highest BCUT2D eigenvalue weighted by molar-refractivity contribution is 5.28. The van der Waals surface area contributed by atoms with Gasteiger partial charge in [-0.15, -0.1) is 0 Å². The van der Waals surface area contributed by atoms with Crippen LogP contribution in [0.2, 0.25) is 0 Å². The van der Waals surface area contributed by atoms with Gasteiger partial charge in [0.15, 0.2) is 0 Å². The van der Waals surface area contributed by atoms with E-state index in [1.807, 2.05) is 24.3 Å². The molecule has 4 nitrogen and oxygen atoms in total. The summed E-state index contributed by atoms with van der Waals surface area (Å²) in [6.45, 7) is 6.65. The van der Waals surface area contributed by atoms with Crippen molar-refractivity contribution in [1.29, 1.82) is 0 Å². The van der Waals surface area contributed by atoms with Crippen molar-refractivity contribution in [3.8, 4) is 0 Å². The van der Waals surface area contributed by atoms with Gasteiger partial charge in [0.05, 0.1) is 12.6 Å². The molecule has 4 heteroatoms. The molecule has 106 valence electrons. The monoisotopic (exact) mass is 272 g/mol. The topological polar surface area (TPSA) is 55.1 Å². The van der Waals surface area contributed by atoms with Gasteiger partial charge in [0.2, 0.25) is 0 Å². The lowest BCUT2D eigenvalue weighted by Crippen LogP contribution is -2.24. The summed E-state index contributed by atoms with van der Waals surface area (Å²) in [7, 11) is 0. The Labute approximate surface area is 118 Å². The van der Waals surface area contributed by atoms with E-state index in [4.69, 9.17) is 0 Å². The molecule has 0 spiro atoms. The maximum atomic E-state index is 11.5. The first kappa shape index (κ1) is 14.5. The highest BCUT2D eigenvalue weighted by Gasteiger charge is 2.15. The third-order valence-corrected chi connectivity index (χ3v) is 3.31. The van der Waals surface area contributed by atoms with Gasteiger partial charge in [0.25, 0.3) is 0 Å². The average molecular weight is 272 g/mol. The van der Waals surface area contributed by atoms with Crippen molar-refractivity contribution in [1.82, 2.24) is 9.55 Å². The summed E-state index contributed by atoms with van der Waals surface area (Å²) in [5.41, 5.74) is 1.75. The molecule has 1 atom stereocenters. The van der Waals surface area contributed by atoms with Gasteiger partial charge in [-0.1, -0.05) is 45.0 Å². The van der Waals surface area contributed by atoms with Gasteiger partial charge in [-0.25, -0.2) is 9.78 Å². The number of hydrogen-bond donors (Lipinski definition) is 1. The fourth-order valence-electron chi connectivity index (χ4n) is 2.02. The molecule has 0 saturated carbocycles. The van der Waals surface area contributed by atoms with Gasteiger partial charge >= 0.3 is 5.69 Å². The minimum atomic E-state index is -0.717. The Bertz CT molecular complexity index is 624. The molecule has 1 unspecified atom stereocenters. The van der Waals surface area contributed by atoms with Crippen LogP contribution in [-0.4, -0.2) is 14.7 Å². The summed E-state index contributed by atoms with van der Waals surface area (Å²) >= 11 is 0. The van der Waals surface area contributed by atoms with E-state index in [0.717, 1.165) is 5.56 Å². The number of benzene rings is 1. The normalized spacial score (nSPS) is 13.2. The minimum absolute atomic E-state index is 0.0871. The Balaban J connectivity index is 2.16. The molecule has 0 bridgehead atoms. The number of aromatic nitrogens is 2. The van der Waals surface area contributed by atoms with Crippen molar-refractivity contribution in [2.75, 3.05) is 0 Å². The molecule has 1 aromatic carbocycles. The molecular weight excluding hydrogens is 252 g/mol. The summed E-state index contributed by atoms with van der Waals surface area (Å²) in [5, 5.41) is 10.2.